The van der Waals surface area contributed by atoms with Crippen LogP contribution in [-0.4, -0.2) is 29.9 Å². The molecule has 2 heterocycles. The van der Waals surface area contributed by atoms with Crippen LogP contribution in [0, 0.1) is 5.92 Å². The summed E-state index contributed by atoms with van der Waals surface area (Å²) in [5, 5.41) is 8.96. The molecule has 2 aromatic rings. The van der Waals surface area contributed by atoms with Gasteiger partial charge in [-0.1, -0.05) is 0 Å². The number of aromatic nitrogens is 1. The minimum Gasteiger partial charge on any atom is -0.326 e. The third-order valence-corrected chi connectivity index (χ3v) is 4.29. The molecule has 0 radical (unpaired) electrons. The number of nitrogens with zero attached hydrogens (tertiary/aromatic N) is 1. The van der Waals surface area contributed by atoms with E-state index in [-0.39, 0.29) is 36.6 Å². The molecule has 8 heteroatoms. The molecule has 3 N–H and O–H groups in total. The molecule has 146 valence electrons. The maximum absolute atomic E-state index is 12.2. The summed E-state index contributed by atoms with van der Waals surface area (Å²) in [5.74, 6) is 0.406. The first-order valence-electron chi connectivity index (χ1n) is 8.53. The molecule has 0 saturated carbocycles. The maximum Gasteiger partial charge on any atom is 0.255 e. The average molecular weight is 411 g/mol. The Hall–Kier alpha value is -2.15. The van der Waals surface area contributed by atoms with Crippen molar-refractivity contribution in [3.63, 3.8) is 0 Å². The monoisotopic (exact) mass is 410 g/mol. The third kappa shape index (κ3) is 7.17. The molecule has 0 aliphatic carbocycles. The van der Waals surface area contributed by atoms with Gasteiger partial charge in [0.15, 0.2) is 0 Å². The van der Waals surface area contributed by atoms with E-state index < -0.39 is 0 Å². The Labute approximate surface area is 171 Å². The van der Waals surface area contributed by atoms with E-state index in [9.17, 15) is 9.59 Å². The number of hydrogen-bond donors (Lipinski definition) is 3. The highest BCUT2D eigenvalue weighted by molar-refractivity contribution is 6.04. The minimum absolute atomic E-state index is 0. The molecule has 0 bridgehead atoms. The lowest BCUT2D eigenvalue weighted by molar-refractivity contribution is -0.116. The summed E-state index contributed by atoms with van der Waals surface area (Å²) >= 11 is 0. The van der Waals surface area contributed by atoms with E-state index in [0.29, 0.717) is 29.3 Å². The number of pyridine rings is 1. The zero-order valence-corrected chi connectivity index (χ0v) is 16.4. The van der Waals surface area contributed by atoms with E-state index in [2.05, 4.69) is 20.9 Å². The fourth-order valence-electron chi connectivity index (χ4n) is 2.86. The summed E-state index contributed by atoms with van der Waals surface area (Å²) in [6.07, 6.45) is 5.82. The van der Waals surface area contributed by atoms with Crippen molar-refractivity contribution in [3.05, 3.63) is 54.4 Å². The summed E-state index contributed by atoms with van der Waals surface area (Å²) in [7, 11) is 0. The van der Waals surface area contributed by atoms with Crippen LogP contribution in [0.2, 0.25) is 0 Å². The summed E-state index contributed by atoms with van der Waals surface area (Å²) < 4.78 is 0. The first kappa shape index (κ1) is 22.9. The maximum atomic E-state index is 12.2. The Kier molecular flexibility index (Phi) is 9.78. The van der Waals surface area contributed by atoms with Crippen molar-refractivity contribution in [2.45, 2.75) is 19.3 Å². The lowest BCUT2D eigenvalue weighted by atomic mass is 10.0. The van der Waals surface area contributed by atoms with Gasteiger partial charge in [0, 0.05) is 23.9 Å². The van der Waals surface area contributed by atoms with Crippen molar-refractivity contribution in [2.24, 2.45) is 5.92 Å². The number of nitrogens with one attached hydrogen (secondary N) is 3. The Balaban J connectivity index is 0.00000182. The van der Waals surface area contributed by atoms with Gasteiger partial charge in [-0.3, -0.25) is 14.6 Å². The molecular formula is C19H24Cl2N4O2. The Morgan fingerprint density at radius 2 is 1.85 bits per heavy atom. The van der Waals surface area contributed by atoms with Gasteiger partial charge in [-0.2, -0.15) is 0 Å². The minimum atomic E-state index is -0.209. The number of halogens is 2. The molecule has 6 nitrogen and oxygen atoms in total. The van der Waals surface area contributed by atoms with Crippen molar-refractivity contribution in [1.82, 2.24) is 10.3 Å². The van der Waals surface area contributed by atoms with Crippen LogP contribution in [-0.2, 0) is 4.79 Å². The van der Waals surface area contributed by atoms with Crippen molar-refractivity contribution < 1.29 is 9.59 Å². The smallest absolute Gasteiger partial charge is 0.255 e. The topological polar surface area (TPSA) is 83.1 Å². The van der Waals surface area contributed by atoms with Gasteiger partial charge >= 0.3 is 0 Å². The van der Waals surface area contributed by atoms with Crippen molar-refractivity contribution in [2.75, 3.05) is 23.7 Å². The van der Waals surface area contributed by atoms with Crippen LogP contribution in [0.5, 0.6) is 0 Å². The van der Waals surface area contributed by atoms with Crippen LogP contribution in [0.3, 0.4) is 0 Å². The molecule has 2 amide bonds. The Morgan fingerprint density at radius 3 is 2.48 bits per heavy atom. The number of carbonyl (C=O) groups is 2. The van der Waals surface area contributed by atoms with E-state index in [0.717, 1.165) is 25.9 Å². The van der Waals surface area contributed by atoms with E-state index in [4.69, 9.17) is 0 Å². The SMILES string of the molecule is Cl.Cl.O=C(CCC1CCNC1)Nc1ccc(C(=O)Nc2cccnc2)cc1. The van der Waals surface area contributed by atoms with Gasteiger partial charge in [0.25, 0.3) is 5.91 Å². The molecular weight excluding hydrogens is 387 g/mol. The summed E-state index contributed by atoms with van der Waals surface area (Å²) in [6, 6.07) is 10.4. The van der Waals surface area contributed by atoms with Gasteiger partial charge < -0.3 is 16.0 Å². The van der Waals surface area contributed by atoms with E-state index >= 15 is 0 Å². The van der Waals surface area contributed by atoms with Crippen LogP contribution >= 0.6 is 24.8 Å². The van der Waals surface area contributed by atoms with Gasteiger partial charge in [-0.15, -0.1) is 24.8 Å². The molecule has 1 aromatic carbocycles. The Bertz CT molecular complexity index is 720. The van der Waals surface area contributed by atoms with Crippen molar-refractivity contribution in [1.29, 1.82) is 0 Å². The largest absolute Gasteiger partial charge is 0.326 e. The lowest BCUT2D eigenvalue weighted by Gasteiger charge is -2.09. The molecule has 1 unspecified atom stereocenters. The highest BCUT2D eigenvalue weighted by Crippen LogP contribution is 2.16. The molecule has 1 atom stereocenters. The van der Waals surface area contributed by atoms with Gasteiger partial charge in [-0.05, 0) is 68.2 Å². The van der Waals surface area contributed by atoms with Crippen LogP contribution in [0.15, 0.2) is 48.8 Å². The fourth-order valence-corrected chi connectivity index (χ4v) is 2.86. The molecule has 27 heavy (non-hydrogen) atoms. The second-order valence-electron chi connectivity index (χ2n) is 6.22. The summed E-state index contributed by atoms with van der Waals surface area (Å²) in [4.78, 5) is 28.1. The van der Waals surface area contributed by atoms with E-state index in [1.54, 1.807) is 48.8 Å². The molecule has 1 aromatic heterocycles. The predicted molar refractivity (Wildman–Crippen MR) is 112 cm³/mol. The second kappa shape index (κ2) is 11.5. The van der Waals surface area contributed by atoms with E-state index in [1.165, 1.54) is 0 Å². The number of anilines is 2. The summed E-state index contributed by atoms with van der Waals surface area (Å²) in [5.41, 5.74) is 1.87. The van der Waals surface area contributed by atoms with E-state index in [1.807, 2.05) is 0 Å². The van der Waals surface area contributed by atoms with Gasteiger partial charge in [0.2, 0.25) is 5.91 Å². The molecule has 1 saturated heterocycles. The quantitative estimate of drug-likeness (QED) is 0.680. The number of rotatable bonds is 6. The Morgan fingerprint density at radius 1 is 1.07 bits per heavy atom. The molecule has 0 spiro atoms. The van der Waals surface area contributed by atoms with Crippen LogP contribution in [0.1, 0.15) is 29.6 Å². The van der Waals surface area contributed by atoms with Crippen molar-refractivity contribution in [3.8, 4) is 0 Å². The standard InChI is InChI=1S/C19H22N4O2.2ClH/c24-18(8-3-14-9-11-21-12-14)22-16-6-4-15(5-7-16)19(25)23-17-2-1-10-20-13-17;;/h1-2,4-7,10,13-14,21H,3,8-9,11-12H2,(H,22,24)(H,23,25);2*1H. The van der Waals surface area contributed by atoms with Gasteiger partial charge in [-0.25, -0.2) is 0 Å². The molecule has 1 aliphatic rings. The number of benzene rings is 1. The van der Waals surface area contributed by atoms with Crippen LogP contribution in [0.25, 0.3) is 0 Å². The number of amides is 2. The number of carbonyl (C=O) groups excluding carboxylic acids is 2. The lowest BCUT2D eigenvalue weighted by Crippen LogP contribution is -2.15. The molecule has 1 aliphatic heterocycles. The summed E-state index contributed by atoms with van der Waals surface area (Å²) in [6.45, 7) is 2.06. The fraction of sp³-hybridized carbons (Fsp3) is 0.316. The average Bonchev–Trinajstić information content (AvgIpc) is 3.15. The second-order valence-corrected chi connectivity index (χ2v) is 6.22. The predicted octanol–water partition coefficient (Wildman–Crippen LogP) is 3.51. The highest BCUT2D eigenvalue weighted by Gasteiger charge is 2.15. The van der Waals surface area contributed by atoms with Gasteiger partial charge in [0.1, 0.15) is 0 Å². The molecule has 1 fully saturated rings. The van der Waals surface area contributed by atoms with Crippen molar-refractivity contribution >= 4 is 48.0 Å². The zero-order chi connectivity index (χ0) is 17.5. The number of hydrogen-bond acceptors (Lipinski definition) is 4. The zero-order valence-electron chi connectivity index (χ0n) is 14.8. The first-order chi connectivity index (χ1) is 12.2. The molecule has 3 rings (SSSR count). The first-order valence-corrected chi connectivity index (χ1v) is 8.53. The third-order valence-electron chi connectivity index (χ3n) is 4.29. The van der Waals surface area contributed by atoms with Crippen LogP contribution in [0.4, 0.5) is 11.4 Å². The van der Waals surface area contributed by atoms with Crippen LogP contribution < -0.4 is 16.0 Å². The normalized spacial score (nSPS) is 15.2. The highest BCUT2D eigenvalue weighted by atomic mass is 35.5. The van der Waals surface area contributed by atoms with Gasteiger partial charge in [0.05, 0.1) is 11.9 Å².